The van der Waals surface area contributed by atoms with Crippen molar-refractivity contribution in [2.75, 3.05) is 13.2 Å². The van der Waals surface area contributed by atoms with Crippen molar-refractivity contribution in [2.45, 2.75) is 23.8 Å². The van der Waals surface area contributed by atoms with Gasteiger partial charge in [0, 0.05) is 12.6 Å². The van der Waals surface area contributed by atoms with E-state index in [0.717, 1.165) is 24.6 Å². The minimum atomic E-state index is -3.76. The normalized spacial score (nSPS) is 19.9. The molecule has 1 N–H and O–H groups in total. The van der Waals surface area contributed by atoms with Crippen LogP contribution in [0.25, 0.3) is 0 Å². The van der Waals surface area contributed by atoms with Crippen LogP contribution in [0.4, 0.5) is 4.39 Å². The molecule has 0 amide bonds. The molecule has 102 valence electrons. The minimum Gasteiger partial charge on any atom is -0.380 e. The van der Waals surface area contributed by atoms with Crippen molar-refractivity contribution in [1.29, 1.82) is 5.26 Å². The summed E-state index contributed by atoms with van der Waals surface area (Å²) >= 11 is 0. The van der Waals surface area contributed by atoms with Gasteiger partial charge in [0.1, 0.15) is 11.9 Å². The molecule has 1 fully saturated rings. The highest BCUT2D eigenvalue weighted by Crippen LogP contribution is 2.16. The monoisotopic (exact) mass is 284 g/mol. The molecule has 19 heavy (non-hydrogen) atoms. The quantitative estimate of drug-likeness (QED) is 0.903. The van der Waals surface area contributed by atoms with Crippen molar-refractivity contribution in [1.82, 2.24) is 4.72 Å². The molecule has 1 aromatic carbocycles. The predicted molar refractivity (Wildman–Crippen MR) is 65.3 cm³/mol. The van der Waals surface area contributed by atoms with Crippen molar-refractivity contribution in [3.05, 3.63) is 29.6 Å². The van der Waals surface area contributed by atoms with Crippen LogP contribution in [0.1, 0.15) is 18.4 Å². The molecule has 2 rings (SSSR count). The average Bonchev–Trinajstić information content (AvgIpc) is 2.39. The molecule has 1 unspecified atom stereocenters. The van der Waals surface area contributed by atoms with Gasteiger partial charge in [-0.25, -0.2) is 17.5 Å². The third-order valence-electron chi connectivity index (χ3n) is 2.85. The van der Waals surface area contributed by atoms with E-state index in [1.54, 1.807) is 6.07 Å². The number of nitriles is 1. The Bertz CT molecular complexity index is 604. The highest BCUT2D eigenvalue weighted by atomic mass is 32.2. The van der Waals surface area contributed by atoms with Crippen LogP contribution in [-0.4, -0.2) is 27.7 Å². The van der Waals surface area contributed by atoms with E-state index in [1.165, 1.54) is 0 Å². The van der Waals surface area contributed by atoms with Gasteiger partial charge in [0.05, 0.1) is 17.1 Å². The van der Waals surface area contributed by atoms with Crippen LogP contribution in [-0.2, 0) is 14.8 Å². The Morgan fingerprint density at radius 1 is 1.47 bits per heavy atom. The van der Waals surface area contributed by atoms with Crippen LogP contribution in [0.15, 0.2) is 23.1 Å². The van der Waals surface area contributed by atoms with Gasteiger partial charge in [-0.2, -0.15) is 5.26 Å². The van der Waals surface area contributed by atoms with Crippen molar-refractivity contribution in [3.63, 3.8) is 0 Å². The van der Waals surface area contributed by atoms with E-state index in [-0.39, 0.29) is 16.5 Å². The lowest BCUT2D eigenvalue weighted by Crippen LogP contribution is -2.40. The molecular weight excluding hydrogens is 271 g/mol. The van der Waals surface area contributed by atoms with Gasteiger partial charge < -0.3 is 4.74 Å². The van der Waals surface area contributed by atoms with E-state index in [2.05, 4.69) is 4.72 Å². The van der Waals surface area contributed by atoms with E-state index in [9.17, 15) is 12.8 Å². The molecule has 1 heterocycles. The third kappa shape index (κ3) is 3.29. The Labute approximate surface area is 111 Å². The summed E-state index contributed by atoms with van der Waals surface area (Å²) in [6, 6.07) is 4.48. The SMILES string of the molecule is N#Cc1cc(S(=O)(=O)NC2CCCOC2)ccc1F. The van der Waals surface area contributed by atoms with E-state index in [1.807, 2.05) is 0 Å². The highest BCUT2D eigenvalue weighted by molar-refractivity contribution is 7.89. The minimum absolute atomic E-state index is 0.115. The maximum atomic E-state index is 13.2. The van der Waals surface area contributed by atoms with E-state index >= 15 is 0 Å². The maximum absolute atomic E-state index is 13.2. The Morgan fingerprint density at radius 3 is 2.89 bits per heavy atom. The Morgan fingerprint density at radius 2 is 2.26 bits per heavy atom. The number of benzene rings is 1. The molecule has 1 aromatic rings. The van der Waals surface area contributed by atoms with Crippen LogP contribution < -0.4 is 4.72 Å². The zero-order valence-corrected chi connectivity index (χ0v) is 10.9. The molecule has 0 radical (unpaired) electrons. The summed E-state index contributed by atoms with van der Waals surface area (Å²) in [4.78, 5) is -0.115. The molecule has 0 saturated carbocycles. The number of nitrogens with zero attached hydrogens (tertiary/aromatic N) is 1. The van der Waals surface area contributed by atoms with Crippen molar-refractivity contribution < 1.29 is 17.5 Å². The second kappa shape index (κ2) is 5.65. The first kappa shape index (κ1) is 13.9. The number of ether oxygens (including phenoxy) is 1. The number of nitrogens with one attached hydrogen (secondary N) is 1. The zero-order chi connectivity index (χ0) is 13.9. The fourth-order valence-corrected chi connectivity index (χ4v) is 3.16. The van der Waals surface area contributed by atoms with Crippen molar-refractivity contribution >= 4 is 10.0 Å². The second-order valence-corrected chi connectivity index (χ2v) is 6.00. The number of halogens is 1. The first-order valence-corrected chi connectivity index (χ1v) is 7.31. The summed E-state index contributed by atoms with van der Waals surface area (Å²) < 4.78 is 45.0. The summed E-state index contributed by atoms with van der Waals surface area (Å²) in [6.07, 6.45) is 1.49. The molecule has 1 atom stereocenters. The molecule has 0 bridgehead atoms. The highest BCUT2D eigenvalue weighted by Gasteiger charge is 2.23. The van der Waals surface area contributed by atoms with Gasteiger partial charge in [-0.1, -0.05) is 0 Å². The topological polar surface area (TPSA) is 79.2 Å². The average molecular weight is 284 g/mol. The molecule has 7 heteroatoms. The molecule has 1 aliphatic rings. The van der Waals surface area contributed by atoms with E-state index < -0.39 is 15.8 Å². The molecule has 1 aliphatic heterocycles. The van der Waals surface area contributed by atoms with Crippen LogP contribution >= 0.6 is 0 Å². The standard InChI is InChI=1S/C12H13FN2O3S/c13-12-4-3-11(6-9(12)7-14)19(16,17)15-10-2-1-5-18-8-10/h3-4,6,10,15H,1-2,5,8H2. The molecule has 5 nitrogen and oxygen atoms in total. The Balaban J connectivity index is 2.21. The van der Waals surface area contributed by atoms with Gasteiger partial charge in [0.25, 0.3) is 0 Å². The largest absolute Gasteiger partial charge is 0.380 e. The fourth-order valence-electron chi connectivity index (χ4n) is 1.88. The summed E-state index contributed by atoms with van der Waals surface area (Å²) in [7, 11) is -3.76. The Kier molecular flexibility index (Phi) is 4.14. The summed E-state index contributed by atoms with van der Waals surface area (Å²) in [5.74, 6) is -0.734. The van der Waals surface area contributed by atoms with Crippen LogP contribution in [0.2, 0.25) is 0 Å². The van der Waals surface area contributed by atoms with Gasteiger partial charge in [0.15, 0.2) is 0 Å². The van der Waals surface area contributed by atoms with E-state index in [4.69, 9.17) is 10.00 Å². The van der Waals surface area contributed by atoms with Gasteiger partial charge in [-0.05, 0) is 31.0 Å². The van der Waals surface area contributed by atoms with Gasteiger partial charge in [-0.3, -0.25) is 0 Å². The first-order chi connectivity index (χ1) is 9.03. The maximum Gasteiger partial charge on any atom is 0.240 e. The van der Waals surface area contributed by atoms with Gasteiger partial charge in [-0.15, -0.1) is 0 Å². The third-order valence-corrected chi connectivity index (χ3v) is 4.37. The second-order valence-electron chi connectivity index (χ2n) is 4.29. The lowest BCUT2D eigenvalue weighted by molar-refractivity contribution is 0.0774. The van der Waals surface area contributed by atoms with Gasteiger partial charge >= 0.3 is 0 Å². The number of sulfonamides is 1. The molecule has 0 aliphatic carbocycles. The number of rotatable bonds is 3. The predicted octanol–water partition coefficient (Wildman–Crippen LogP) is 1.15. The summed E-state index contributed by atoms with van der Waals surface area (Å²) in [5, 5.41) is 8.70. The zero-order valence-electron chi connectivity index (χ0n) is 10.1. The van der Waals surface area contributed by atoms with Crippen LogP contribution in [0, 0.1) is 17.1 Å². The summed E-state index contributed by atoms with van der Waals surface area (Å²) in [5.41, 5.74) is -0.289. The first-order valence-electron chi connectivity index (χ1n) is 5.82. The van der Waals surface area contributed by atoms with Crippen LogP contribution in [0.3, 0.4) is 0 Å². The van der Waals surface area contributed by atoms with Crippen molar-refractivity contribution in [3.8, 4) is 6.07 Å². The smallest absolute Gasteiger partial charge is 0.240 e. The molecule has 0 spiro atoms. The molecular formula is C12H13FN2O3S. The van der Waals surface area contributed by atoms with Crippen molar-refractivity contribution in [2.24, 2.45) is 0 Å². The van der Waals surface area contributed by atoms with Crippen LogP contribution in [0.5, 0.6) is 0 Å². The molecule has 0 aromatic heterocycles. The fraction of sp³-hybridized carbons (Fsp3) is 0.417. The lowest BCUT2D eigenvalue weighted by Gasteiger charge is -2.22. The van der Waals surface area contributed by atoms with Gasteiger partial charge in [0.2, 0.25) is 10.0 Å². The number of hydrogen-bond acceptors (Lipinski definition) is 4. The molecule has 1 saturated heterocycles. The van der Waals surface area contributed by atoms with E-state index in [0.29, 0.717) is 19.6 Å². The lowest BCUT2D eigenvalue weighted by atomic mass is 10.1. The Hall–Kier alpha value is -1.49. The number of hydrogen-bond donors (Lipinski definition) is 1. The summed E-state index contributed by atoms with van der Waals surface area (Å²) in [6.45, 7) is 0.957.